The van der Waals surface area contributed by atoms with E-state index in [0.29, 0.717) is 5.92 Å². The smallest absolute Gasteiger partial charge is 0.0462 e. The third kappa shape index (κ3) is 1.93. The van der Waals surface area contributed by atoms with Crippen LogP contribution < -0.4 is 0 Å². The number of rotatable bonds is 2. The number of fused-ring (bicyclic) bond motifs is 4. The molecular weight excluding hydrogens is 278 g/mol. The summed E-state index contributed by atoms with van der Waals surface area (Å²) in [5.41, 5.74) is 7.97. The van der Waals surface area contributed by atoms with Crippen molar-refractivity contribution in [2.24, 2.45) is 0 Å². The first-order chi connectivity index (χ1) is 11.4. The molecule has 0 saturated carbocycles. The van der Waals surface area contributed by atoms with Crippen LogP contribution in [0.5, 0.6) is 0 Å². The molecule has 1 N–H and O–H groups in total. The molecule has 1 radical (unpaired) electrons. The summed E-state index contributed by atoms with van der Waals surface area (Å²) < 4.78 is 0. The topological polar surface area (TPSA) is 15.8 Å². The Morgan fingerprint density at radius 1 is 0.739 bits per heavy atom. The van der Waals surface area contributed by atoms with E-state index >= 15 is 0 Å². The molecule has 0 atom stereocenters. The minimum atomic E-state index is 0.409. The van der Waals surface area contributed by atoms with E-state index in [9.17, 15) is 0 Å². The van der Waals surface area contributed by atoms with Crippen LogP contribution in [0.3, 0.4) is 0 Å². The molecule has 1 aliphatic rings. The van der Waals surface area contributed by atoms with Gasteiger partial charge in [0.15, 0.2) is 0 Å². The fourth-order valence-electron chi connectivity index (χ4n) is 3.84. The molecule has 5 rings (SSSR count). The van der Waals surface area contributed by atoms with Crippen molar-refractivity contribution in [2.75, 3.05) is 0 Å². The summed E-state index contributed by atoms with van der Waals surface area (Å²) in [6.07, 6.45) is 0.961. The standard InChI is InChI=1S/C22H16N/c1-6-12-22-15(7-1)13-16(23-22)14-21-19-10-4-2-8-17(19)18-9-3-5-11-20(18)21/h1-12,21,23H,14H2. The van der Waals surface area contributed by atoms with E-state index in [1.807, 2.05) is 0 Å². The fraction of sp³-hybridized carbons (Fsp3) is 0.0909. The van der Waals surface area contributed by atoms with E-state index < -0.39 is 0 Å². The zero-order valence-corrected chi connectivity index (χ0v) is 12.7. The Hall–Kier alpha value is -2.80. The maximum absolute atomic E-state index is 3.53. The Balaban J connectivity index is 1.62. The van der Waals surface area contributed by atoms with Gasteiger partial charge in [0, 0.05) is 28.6 Å². The van der Waals surface area contributed by atoms with Crippen molar-refractivity contribution in [3.05, 3.63) is 95.7 Å². The Morgan fingerprint density at radius 3 is 2.04 bits per heavy atom. The third-order valence-electron chi connectivity index (χ3n) is 4.87. The van der Waals surface area contributed by atoms with Gasteiger partial charge in [0.1, 0.15) is 0 Å². The van der Waals surface area contributed by atoms with Gasteiger partial charge in [-0.05, 0) is 34.7 Å². The van der Waals surface area contributed by atoms with Gasteiger partial charge < -0.3 is 4.98 Å². The van der Waals surface area contributed by atoms with Crippen LogP contribution in [0.2, 0.25) is 0 Å². The van der Waals surface area contributed by atoms with Gasteiger partial charge in [0.2, 0.25) is 0 Å². The number of hydrogen-bond acceptors (Lipinski definition) is 0. The van der Waals surface area contributed by atoms with Gasteiger partial charge in [0.05, 0.1) is 0 Å². The summed E-state index contributed by atoms with van der Waals surface area (Å²) in [6, 6.07) is 29.5. The normalized spacial score (nSPS) is 13.2. The average Bonchev–Trinajstić information content (AvgIpc) is 3.15. The second-order valence-electron chi connectivity index (χ2n) is 6.21. The highest BCUT2D eigenvalue weighted by Gasteiger charge is 2.28. The van der Waals surface area contributed by atoms with Crippen LogP contribution in [-0.2, 0) is 6.42 Å². The molecule has 3 aromatic carbocycles. The molecule has 0 fully saturated rings. The zero-order valence-electron chi connectivity index (χ0n) is 12.7. The molecule has 0 amide bonds. The zero-order chi connectivity index (χ0) is 15.2. The van der Waals surface area contributed by atoms with E-state index in [1.165, 1.54) is 38.9 Å². The predicted octanol–water partition coefficient (Wildman–Crippen LogP) is 5.32. The number of para-hydroxylation sites is 1. The summed E-state index contributed by atoms with van der Waals surface area (Å²) >= 11 is 0. The highest BCUT2D eigenvalue weighted by atomic mass is 14.7. The third-order valence-corrected chi connectivity index (χ3v) is 4.87. The van der Waals surface area contributed by atoms with Crippen LogP contribution in [0, 0.1) is 6.07 Å². The lowest BCUT2D eigenvalue weighted by Crippen LogP contribution is -2.01. The Morgan fingerprint density at radius 2 is 1.35 bits per heavy atom. The number of nitrogens with one attached hydrogen (secondary N) is 1. The average molecular weight is 294 g/mol. The molecule has 1 aromatic heterocycles. The summed E-state index contributed by atoms with van der Waals surface area (Å²) in [6.45, 7) is 0. The summed E-state index contributed by atoms with van der Waals surface area (Å²) in [4.78, 5) is 3.53. The van der Waals surface area contributed by atoms with Crippen molar-refractivity contribution >= 4 is 10.9 Å². The van der Waals surface area contributed by atoms with Gasteiger partial charge in [-0.2, -0.15) is 0 Å². The lowest BCUT2D eigenvalue weighted by molar-refractivity contribution is 0.809. The predicted molar refractivity (Wildman–Crippen MR) is 94.6 cm³/mol. The molecule has 0 bridgehead atoms. The largest absolute Gasteiger partial charge is 0.358 e. The molecule has 1 heterocycles. The number of aromatic nitrogens is 1. The molecular formula is C22H16N. The van der Waals surface area contributed by atoms with E-state index in [0.717, 1.165) is 6.42 Å². The molecule has 0 aliphatic heterocycles. The van der Waals surface area contributed by atoms with Crippen molar-refractivity contribution in [3.8, 4) is 11.1 Å². The van der Waals surface area contributed by atoms with Gasteiger partial charge in [-0.25, -0.2) is 0 Å². The molecule has 0 saturated heterocycles. The number of H-pyrrole nitrogens is 1. The maximum Gasteiger partial charge on any atom is 0.0462 e. The number of benzene rings is 3. The van der Waals surface area contributed by atoms with Crippen molar-refractivity contribution < 1.29 is 0 Å². The van der Waals surface area contributed by atoms with Gasteiger partial charge in [-0.1, -0.05) is 66.7 Å². The fourth-order valence-corrected chi connectivity index (χ4v) is 3.84. The second-order valence-corrected chi connectivity index (χ2v) is 6.21. The lowest BCUT2D eigenvalue weighted by Gasteiger charge is -2.12. The summed E-state index contributed by atoms with van der Waals surface area (Å²) in [7, 11) is 0. The highest BCUT2D eigenvalue weighted by molar-refractivity contribution is 5.81. The number of aromatic amines is 1. The minimum absolute atomic E-state index is 0.409. The van der Waals surface area contributed by atoms with Crippen LogP contribution in [0.4, 0.5) is 0 Å². The lowest BCUT2D eigenvalue weighted by atomic mass is 9.92. The first kappa shape index (κ1) is 12.7. The summed E-state index contributed by atoms with van der Waals surface area (Å²) in [5, 5.41) is 1.17. The van der Waals surface area contributed by atoms with Crippen molar-refractivity contribution in [1.82, 2.24) is 4.98 Å². The van der Waals surface area contributed by atoms with Crippen LogP contribution in [0.25, 0.3) is 22.0 Å². The van der Waals surface area contributed by atoms with E-state index in [1.54, 1.807) is 0 Å². The first-order valence-electron chi connectivity index (χ1n) is 8.07. The molecule has 23 heavy (non-hydrogen) atoms. The van der Waals surface area contributed by atoms with E-state index in [4.69, 9.17) is 0 Å². The monoisotopic (exact) mass is 294 g/mol. The Labute approximate surface area is 135 Å². The SMILES string of the molecule is [c]1c(CC2c3ccccc3-c3ccccc32)[nH]c2ccccc12. The van der Waals surface area contributed by atoms with Crippen LogP contribution in [0.15, 0.2) is 72.8 Å². The first-order valence-corrected chi connectivity index (χ1v) is 8.07. The number of hydrogen-bond donors (Lipinski definition) is 1. The van der Waals surface area contributed by atoms with Crippen molar-refractivity contribution in [3.63, 3.8) is 0 Å². The van der Waals surface area contributed by atoms with Crippen LogP contribution in [0.1, 0.15) is 22.7 Å². The van der Waals surface area contributed by atoms with Gasteiger partial charge >= 0.3 is 0 Å². The summed E-state index contributed by atoms with van der Waals surface area (Å²) in [5.74, 6) is 0.409. The highest BCUT2D eigenvalue weighted by Crippen LogP contribution is 2.45. The van der Waals surface area contributed by atoms with Crippen molar-refractivity contribution in [2.45, 2.75) is 12.3 Å². The minimum Gasteiger partial charge on any atom is -0.358 e. The Kier molecular flexibility index (Phi) is 2.68. The molecule has 0 unspecified atom stereocenters. The molecule has 1 heteroatoms. The Bertz CT molecular complexity index is 931. The van der Waals surface area contributed by atoms with E-state index in [2.05, 4.69) is 83.8 Å². The van der Waals surface area contributed by atoms with Crippen LogP contribution in [-0.4, -0.2) is 4.98 Å². The molecule has 0 spiro atoms. The van der Waals surface area contributed by atoms with E-state index in [-0.39, 0.29) is 0 Å². The maximum atomic E-state index is 3.53. The van der Waals surface area contributed by atoms with Gasteiger partial charge in [-0.15, -0.1) is 0 Å². The van der Waals surface area contributed by atoms with Gasteiger partial charge in [0.25, 0.3) is 0 Å². The van der Waals surface area contributed by atoms with Crippen LogP contribution >= 0.6 is 0 Å². The second kappa shape index (κ2) is 4.85. The molecule has 1 nitrogen and oxygen atoms in total. The molecule has 4 aromatic rings. The quantitative estimate of drug-likeness (QED) is 0.515. The van der Waals surface area contributed by atoms with Gasteiger partial charge in [-0.3, -0.25) is 0 Å². The molecule has 109 valence electrons. The molecule has 1 aliphatic carbocycles. The van der Waals surface area contributed by atoms with Crippen molar-refractivity contribution in [1.29, 1.82) is 0 Å².